The van der Waals surface area contributed by atoms with Crippen LogP contribution >= 0.6 is 0 Å². The molecular weight excluding hydrogens is 372 g/mol. The zero-order chi connectivity index (χ0) is 20.9. The smallest absolute Gasteiger partial charge is 0.243 e. The fourth-order valence-corrected chi connectivity index (χ4v) is 7.67. The molecule has 160 valence electrons. The molecule has 0 aromatic rings. The maximum atomic E-state index is 13.2. The first-order chi connectivity index (χ1) is 14.4. The van der Waals surface area contributed by atoms with Crippen LogP contribution in [0.4, 0.5) is 0 Å². The summed E-state index contributed by atoms with van der Waals surface area (Å²) in [6.07, 6.45) is 21.7. The van der Waals surface area contributed by atoms with Crippen molar-refractivity contribution in [1.82, 2.24) is 10.6 Å². The lowest BCUT2D eigenvalue weighted by molar-refractivity contribution is -0.133. The van der Waals surface area contributed by atoms with Crippen molar-refractivity contribution >= 4 is 11.8 Å². The summed E-state index contributed by atoms with van der Waals surface area (Å²) in [5.74, 6) is 2.25. The molecule has 1 heterocycles. The molecule has 3 saturated carbocycles. The van der Waals surface area contributed by atoms with Crippen LogP contribution < -0.4 is 10.6 Å². The number of rotatable bonds is 2. The van der Waals surface area contributed by atoms with E-state index in [0.29, 0.717) is 17.8 Å². The third-order valence-corrected chi connectivity index (χ3v) is 9.31. The molecule has 3 fully saturated rings. The summed E-state index contributed by atoms with van der Waals surface area (Å²) in [7, 11) is 0. The highest BCUT2D eigenvalue weighted by molar-refractivity contribution is 5.89. The topological polar surface area (TPSA) is 58.2 Å². The Bertz CT molecular complexity index is 868. The quantitative estimate of drug-likeness (QED) is 0.713. The Kier molecular flexibility index (Phi) is 4.79. The molecule has 1 aliphatic heterocycles. The number of carbonyl (C=O) groups excluding carboxylic acids is 2. The molecule has 2 amide bonds. The molecule has 0 bridgehead atoms. The van der Waals surface area contributed by atoms with Crippen LogP contribution in [0.15, 0.2) is 48.2 Å². The number of hydrogen-bond acceptors (Lipinski definition) is 2. The molecule has 0 saturated heterocycles. The van der Waals surface area contributed by atoms with Crippen molar-refractivity contribution in [2.75, 3.05) is 0 Å². The molecule has 30 heavy (non-hydrogen) atoms. The lowest BCUT2D eigenvalue weighted by Gasteiger charge is -2.58. The third-order valence-electron chi connectivity index (χ3n) is 9.31. The summed E-state index contributed by atoms with van der Waals surface area (Å²) < 4.78 is 0. The molecule has 7 atom stereocenters. The van der Waals surface area contributed by atoms with E-state index in [1.54, 1.807) is 6.08 Å². The molecule has 0 spiro atoms. The first-order valence-electron chi connectivity index (χ1n) is 11.7. The van der Waals surface area contributed by atoms with Crippen LogP contribution in [0.25, 0.3) is 0 Å². The minimum Gasteiger partial charge on any atom is -0.349 e. The Hall–Kier alpha value is -2.10. The number of amides is 2. The second-order valence-corrected chi connectivity index (χ2v) is 10.6. The summed E-state index contributed by atoms with van der Waals surface area (Å²) in [6.45, 7) is 4.74. The van der Waals surface area contributed by atoms with E-state index in [1.807, 2.05) is 18.4 Å². The van der Waals surface area contributed by atoms with Gasteiger partial charge in [0.25, 0.3) is 0 Å². The zero-order valence-corrected chi connectivity index (χ0v) is 18.2. The van der Waals surface area contributed by atoms with Crippen LogP contribution in [0.1, 0.15) is 58.8 Å². The fraction of sp³-hybridized carbons (Fsp3) is 0.615. The Labute approximate surface area is 179 Å². The molecule has 0 radical (unpaired) electrons. The maximum absolute atomic E-state index is 13.2. The van der Waals surface area contributed by atoms with Gasteiger partial charge in [0, 0.05) is 23.6 Å². The molecule has 5 rings (SSSR count). The van der Waals surface area contributed by atoms with Gasteiger partial charge in [0.2, 0.25) is 11.8 Å². The minimum atomic E-state index is 0.0593. The minimum absolute atomic E-state index is 0.0593. The van der Waals surface area contributed by atoms with Crippen molar-refractivity contribution in [1.29, 1.82) is 0 Å². The predicted octanol–water partition coefficient (Wildman–Crippen LogP) is 4.42. The Morgan fingerprint density at radius 1 is 1.10 bits per heavy atom. The van der Waals surface area contributed by atoms with Gasteiger partial charge in [-0.15, -0.1) is 0 Å². The van der Waals surface area contributed by atoms with Crippen molar-refractivity contribution in [3.63, 3.8) is 0 Å². The molecule has 4 nitrogen and oxygen atoms in total. The Balaban J connectivity index is 1.33. The lowest BCUT2D eigenvalue weighted by Crippen LogP contribution is -2.59. The van der Waals surface area contributed by atoms with Crippen LogP contribution in [0.5, 0.6) is 0 Å². The molecule has 0 aromatic carbocycles. The number of allylic oxidation sites excluding steroid dienone is 5. The average molecular weight is 407 g/mol. The van der Waals surface area contributed by atoms with Gasteiger partial charge in [-0.3, -0.25) is 9.59 Å². The monoisotopic (exact) mass is 406 g/mol. The van der Waals surface area contributed by atoms with Gasteiger partial charge in [-0.05, 0) is 79.8 Å². The van der Waals surface area contributed by atoms with Gasteiger partial charge in [-0.2, -0.15) is 0 Å². The van der Waals surface area contributed by atoms with Crippen LogP contribution in [-0.2, 0) is 9.59 Å². The van der Waals surface area contributed by atoms with Crippen molar-refractivity contribution in [2.45, 2.75) is 64.8 Å². The summed E-state index contributed by atoms with van der Waals surface area (Å²) >= 11 is 0. The number of carbonyl (C=O) groups is 2. The first kappa shape index (κ1) is 19.8. The number of nitrogens with one attached hydrogen (secondary N) is 2. The summed E-state index contributed by atoms with van der Waals surface area (Å²) in [5, 5.41) is 6.37. The molecule has 0 aromatic heterocycles. The van der Waals surface area contributed by atoms with E-state index >= 15 is 0 Å². The largest absolute Gasteiger partial charge is 0.349 e. The van der Waals surface area contributed by atoms with Crippen molar-refractivity contribution < 1.29 is 9.59 Å². The van der Waals surface area contributed by atoms with Crippen molar-refractivity contribution in [3.05, 3.63) is 48.2 Å². The Morgan fingerprint density at radius 3 is 2.77 bits per heavy atom. The molecular formula is C26H34N2O2. The van der Waals surface area contributed by atoms with Gasteiger partial charge in [-0.1, -0.05) is 44.2 Å². The molecule has 5 aliphatic rings. The van der Waals surface area contributed by atoms with Gasteiger partial charge in [0.1, 0.15) is 0 Å². The highest BCUT2D eigenvalue weighted by Crippen LogP contribution is 2.64. The van der Waals surface area contributed by atoms with Crippen LogP contribution in [0.3, 0.4) is 0 Å². The predicted molar refractivity (Wildman–Crippen MR) is 118 cm³/mol. The maximum Gasteiger partial charge on any atom is 0.243 e. The molecule has 3 unspecified atom stereocenters. The standard InChI is InChI=1S/C26H34N2O2/c1-25-14-12-20-18(8-11-22-26(20,2)15-13-23(29)28-22)19(25)9-10-21(25)24(30)27-16-17-6-4-3-5-7-17/h3-6,13,15-16,18-22H,7-12,14H2,1-2H3,(H,27,30)(H,28,29)/t18?,19?,20?,21-,22-,25+,26-/m1/s1. The van der Waals surface area contributed by atoms with E-state index in [-0.39, 0.29) is 34.6 Å². The SMILES string of the molecule is C[C@]12CCC3C(CC[C@H]4NC(=O)C=C[C@]34C)C1CC[C@@H]2C(=O)NC=C1C=CC=CC1. The molecule has 2 N–H and O–H groups in total. The molecule has 4 aliphatic carbocycles. The summed E-state index contributed by atoms with van der Waals surface area (Å²) in [5.41, 5.74) is 1.31. The van der Waals surface area contributed by atoms with Crippen LogP contribution in [-0.4, -0.2) is 17.9 Å². The number of fused-ring (bicyclic) bond motifs is 5. The highest BCUT2D eigenvalue weighted by atomic mass is 16.2. The lowest BCUT2D eigenvalue weighted by atomic mass is 9.48. The van der Waals surface area contributed by atoms with Crippen molar-refractivity contribution in [3.8, 4) is 0 Å². The zero-order valence-electron chi connectivity index (χ0n) is 18.2. The second-order valence-electron chi connectivity index (χ2n) is 10.6. The van der Waals surface area contributed by atoms with Gasteiger partial charge in [0.15, 0.2) is 0 Å². The van der Waals surface area contributed by atoms with E-state index in [1.165, 1.54) is 6.42 Å². The van der Waals surface area contributed by atoms with Gasteiger partial charge < -0.3 is 10.6 Å². The second kappa shape index (κ2) is 7.25. The third kappa shape index (κ3) is 3.02. The van der Waals surface area contributed by atoms with E-state index in [2.05, 4.69) is 42.7 Å². The van der Waals surface area contributed by atoms with E-state index in [4.69, 9.17) is 0 Å². The summed E-state index contributed by atoms with van der Waals surface area (Å²) in [6, 6.07) is 0.269. The van der Waals surface area contributed by atoms with E-state index < -0.39 is 0 Å². The summed E-state index contributed by atoms with van der Waals surface area (Å²) in [4.78, 5) is 25.1. The Morgan fingerprint density at radius 2 is 1.97 bits per heavy atom. The van der Waals surface area contributed by atoms with Crippen LogP contribution in [0, 0.1) is 34.5 Å². The number of hydrogen-bond donors (Lipinski definition) is 2. The van der Waals surface area contributed by atoms with Gasteiger partial charge in [0.05, 0.1) is 0 Å². The van der Waals surface area contributed by atoms with Gasteiger partial charge in [-0.25, -0.2) is 0 Å². The van der Waals surface area contributed by atoms with E-state index in [0.717, 1.165) is 44.1 Å². The normalized spacial score (nSPS) is 45.5. The average Bonchev–Trinajstić information content (AvgIpc) is 3.10. The fourth-order valence-electron chi connectivity index (χ4n) is 7.67. The van der Waals surface area contributed by atoms with Crippen molar-refractivity contribution in [2.24, 2.45) is 34.5 Å². The first-order valence-corrected chi connectivity index (χ1v) is 11.7. The van der Waals surface area contributed by atoms with E-state index in [9.17, 15) is 9.59 Å². The molecule has 4 heteroatoms. The van der Waals surface area contributed by atoms with Gasteiger partial charge >= 0.3 is 0 Å². The van der Waals surface area contributed by atoms with Crippen LogP contribution in [0.2, 0.25) is 0 Å². The highest BCUT2D eigenvalue weighted by Gasteiger charge is 2.60.